The molecule has 0 fully saturated rings. The molecule has 20 heavy (non-hydrogen) atoms. The van der Waals surface area contributed by atoms with E-state index in [1.54, 1.807) is 6.92 Å². The van der Waals surface area contributed by atoms with E-state index in [-0.39, 0.29) is 5.56 Å². The number of alkyl halides is 3. The zero-order valence-corrected chi connectivity index (χ0v) is 10.5. The molecule has 0 amide bonds. The molecule has 1 unspecified atom stereocenters. The van der Waals surface area contributed by atoms with E-state index in [1.165, 1.54) is 16.9 Å². The van der Waals surface area contributed by atoms with Gasteiger partial charge in [0.1, 0.15) is 11.9 Å². The molecule has 0 aliphatic rings. The van der Waals surface area contributed by atoms with Crippen molar-refractivity contribution in [2.45, 2.75) is 25.7 Å². The van der Waals surface area contributed by atoms with Gasteiger partial charge in [-0.1, -0.05) is 0 Å². The highest BCUT2D eigenvalue weighted by Crippen LogP contribution is 2.33. The molecule has 3 nitrogen and oxygen atoms in total. The summed E-state index contributed by atoms with van der Waals surface area (Å²) >= 11 is 0. The standard InChI is InChI=1S/C13H12F4N2O/c1-2-19-11(3-4-18-19)12(20)8-5-9(13(15,16)17)7-10(14)6-8/h3-7,12,20H,2H2,1H3. The zero-order chi connectivity index (χ0) is 14.9. The highest BCUT2D eigenvalue weighted by Gasteiger charge is 2.32. The molecule has 1 N–H and O–H groups in total. The van der Waals surface area contributed by atoms with Crippen molar-refractivity contribution in [3.05, 3.63) is 53.1 Å². The molecule has 1 heterocycles. The number of hydrogen-bond acceptors (Lipinski definition) is 2. The lowest BCUT2D eigenvalue weighted by atomic mass is 10.0. The molecule has 7 heteroatoms. The fraction of sp³-hybridized carbons (Fsp3) is 0.308. The third-order valence-corrected chi connectivity index (χ3v) is 2.89. The number of hydrogen-bond donors (Lipinski definition) is 1. The lowest BCUT2D eigenvalue weighted by Crippen LogP contribution is -2.12. The van der Waals surface area contributed by atoms with Crippen LogP contribution in [0.5, 0.6) is 0 Å². The molecule has 1 atom stereocenters. The van der Waals surface area contributed by atoms with Crippen molar-refractivity contribution >= 4 is 0 Å². The van der Waals surface area contributed by atoms with Gasteiger partial charge in [0.2, 0.25) is 0 Å². The van der Waals surface area contributed by atoms with Gasteiger partial charge < -0.3 is 5.11 Å². The van der Waals surface area contributed by atoms with Gasteiger partial charge in [-0.05, 0) is 36.8 Å². The monoisotopic (exact) mass is 288 g/mol. The van der Waals surface area contributed by atoms with Crippen molar-refractivity contribution in [1.29, 1.82) is 0 Å². The van der Waals surface area contributed by atoms with E-state index >= 15 is 0 Å². The van der Waals surface area contributed by atoms with Crippen LogP contribution in [0.4, 0.5) is 17.6 Å². The van der Waals surface area contributed by atoms with Crippen molar-refractivity contribution < 1.29 is 22.7 Å². The smallest absolute Gasteiger partial charge is 0.382 e. The Morgan fingerprint density at radius 2 is 2.00 bits per heavy atom. The number of rotatable bonds is 3. The summed E-state index contributed by atoms with van der Waals surface area (Å²) < 4.78 is 52.6. The van der Waals surface area contributed by atoms with Crippen molar-refractivity contribution in [2.75, 3.05) is 0 Å². The second kappa shape index (κ2) is 5.24. The van der Waals surface area contributed by atoms with Crippen molar-refractivity contribution in [1.82, 2.24) is 9.78 Å². The van der Waals surface area contributed by atoms with E-state index in [2.05, 4.69) is 5.10 Å². The first-order valence-corrected chi connectivity index (χ1v) is 5.90. The maximum atomic E-state index is 13.3. The van der Waals surface area contributed by atoms with E-state index in [1.807, 2.05) is 0 Å². The van der Waals surface area contributed by atoms with Crippen LogP contribution in [-0.4, -0.2) is 14.9 Å². The van der Waals surface area contributed by atoms with E-state index in [9.17, 15) is 22.7 Å². The largest absolute Gasteiger partial charge is 0.416 e. The average Bonchev–Trinajstić information content (AvgIpc) is 2.84. The molecule has 1 aromatic carbocycles. The minimum Gasteiger partial charge on any atom is -0.382 e. The summed E-state index contributed by atoms with van der Waals surface area (Å²) in [6.07, 6.45) is -4.61. The highest BCUT2D eigenvalue weighted by molar-refractivity contribution is 5.32. The first-order chi connectivity index (χ1) is 9.32. The molecule has 0 saturated carbocycles. The van der Waals surface area contributed by atoms with Gasteiger partial charge in [-0.2, -0.15) is 18.3 Å². The molecule has 0 radical (unpaired) electrons. The average molecular weight is 288 g/mol. The molecule has 0 bridgehead atoms. The first kappa shape index (κ1) is 14.5. The first-order valence-electron chi connectivity index (χ1n) is 5.90. The minimum absolute atomic E-state index is 0.160. The Balaban J connectivity index is 2.45. The summed E-state index contributed by atoms with van der Waals surface area (Å²) in [5.41, 5.74) is -0.979. The van der Waals surface area contributed by atoms with Crippen LogP contribution in [0, 0.1) is 5.82 Å². The van der Waals surface area contributed by atoms with Crippen LogP contribution in [0.25, 0.3) is 0 Å². The molecule has 0 aliphatic heterocycles. The van der Waals surface area contributed by atoms with Gasteiger partial charge in [0.15, 0.2) is 0 Å². The quantitative estimate of drug-likeness (QED) is 0.881. The van der Waals surface area contributed by atoms with Crippen LogP contribution in [-0.2, 0) is 12.7 Å². The summed E-state index contributed by atoms with van der Waals surface area (Å²) in [4.78, 5) is 0. The number of aliphatic hydroxyl groups excluding tert-OH is 1. The van der Waals surface area contributed by atoms with E-state index < -0.39 is 23.7 Å². The fourth-order valence-electron chi connectivity index (χ4n) is 1.94. The Bertz CT molecular complexity index is 607. The maximum absolute atomic E-state index is 13.3. The summed E-state index contributed by atoms with van der Waals surface area (Å²) in [7, 11) is 0. The van der Waals surface area contributed by atoms with Gasteiger partial charge in [0, 0.05) is 12.7 Å². The number of aromatic nitrogens is 2. The van der Waals surface area contributed by atoms with Gasteiger partial charge in [-0.3, -0.25) is 4.68 Å². The predicted octanol–water partition coefficient (Wildman–Crippen LogP) is 3.14. The molecule has 1 aromatic heterocycles. The van der Waals surface area contributed by atoms with Gasteiger partial charge in [-0.25, -0.2) is 4.39 Å². The van der Waals surface area contributed by atoms with E-state index in [0.29, 0.717) is 18.3 Å². The van der Waals surface area contributed by atoms with E-state index in [4.69, 9.17) is 0 Å². The Kier molecular flexibility index (Phi) is 3.80. The third-order valence-electron chi connectivity index (χ3n) is 2.89. The highest BCUT2D eigenvalue weighted by atomic mass is 19.4. The van der Waals surface area contributed by atoms with Crippen LogP contribution < -0.4 is 0 Å². The molecule has 108 valence electrons. The molecular formula is C13H12F4N2O. The van der Waals surface area contributed by atoms with Crippen molar-refractivity contribution in [3.63, 3.8) is 0 Å². The molecule has 0 spiro atoms. The summed E-state index contributed by atoms with van der Waals surface area (Å²) in [5.74, 6) is -1.04. The van der Waals surface area contributed by atoms with Gasteiger partial charge in [0.25, 0.3) is 0 Å². The zero-order valence-electron chi connectivity index (χ0n) is 10.5. The van der Waals surface area contributed by atoms with Crippen LogP contribution >= 0.6 is 0 Å². The lowest BCUT2D eigenvalue weighted by Gasteiger charge is -2.15. The van der Waals surface area contributed by atoms with Gasteiger partial charge >= 0.3 is 6.18 Å². The SMILES string of the molecule is CCn1nccc1C(O)c1cc(F)cc(C(F)(F)F)c1. The molecule has 0 aliphatic carbocycles. The summed E-state index contributed by atoms with van der Waals surface area (Å²) in [5, 5.41) is 14.0. The number of aryl methyl sites for hydroxylation is 1. The van der Waals surface area contributed by atoms with Crippen molar-refractivity contribution in [2.24, 2.45) is 0 Å². The molecular weight excluding hydrogens is 276 g/mol. The normalized spacial score (nSPS) is 13.5. The van der Waals surface area contributed by atoms with Crippen LogP contribution in [0.15, 0.2) is 30.5 Å². The van der Waals surface area contributed by atoms with Crippen LogP contribution in [0.2, 0.25) is 0 Å². The topological polar surface area (TPSA) is 38.0 Å². The summed E-state index contributed by atoms with van der Waals surface area (Å²) in [6.45, 7) is 2.22. The predicted molar refractivity (Wildman–Crippen MR) is 63.4 cm³/mol. The number of benzene rings is 1. The van der Waals surface area contributed by atoms with Crippen LogP contribution in [0.3, 0.4) is 0 Å². The molecule has 2 rings (SSSR count). The molecule has 0 saturated heterocycles. The second-order valence-electron chi connectivity index (χ2n) is 4.25. The number of nitrogens with zero attached hydrogens (tertiary/aromatic N) is 2. The Morgan fingerprint density at radius 3 is 2.60 bits per heavy atom. The minimum atomic E-state index is -4.67. The Labute approximate surface area is 112 Å². The second-order valence-corrected chi connectivity index (χ2v) is 4.25. The fourth-order valence-corrected chi connectivity index (χ4v) is 1.94. The Morgan fingerprint density at radius 1 is 1.30 bits per heavy atom. The Hall–Kier alpha value is -1.89. The van der Waals surface area contributed by atoms with E-state index in [0.717, 1.165) is 12.1 Å². The van der Waals surface area contributed by atoms with Crippen molar-refractivity contribution in [3.8, 4) is 0 Å². The molecule has 2 aromatic rings. The van der Waals surface area contributed by atoms with Gasteiger partial charge in [-0.15, -0.1) is 0 Å². The maximum Gasteiger partial charge on any atom is 0.416 e. The summed E-state index contributed by atoms with van der Waals surface area (Å²) in [6, 6.07) is 3.49. The number of halogens is 4. The lowest BCUT2D eigenvalue weighted by molar-refractivity contribution is -0.137. The third kappa shape index (κ3) is 2.82. The number of aliphatic hydroxyl groups is 1. The van der Waals surface area contributed by atoms with Gasteiger partial charge in [0.05, 0.1) is 11.3 Å². The van der Waals surface area contributed by atoms with Crippen LogP contribution in [0.1, 0.15) is 29.8 Å².